The summed E-state index contributed by atoms with van der Waals surface area (Å²) >= 11 is 0. The highest BCUT2D eigenvalue weighted by Gasteiger charge is 2.22. The number of urea groups is 1. The van der Waals surface area contributed by atoms with E-state index in [9.17, 15) is 9.59 Å². The molecule has 1 aromatic rings. The highest BCUT2D eigenvalue weighted by atomic mass is 35.5. The third-order valence-corrected chi connectivity index (χ3v) is 2.77. The number of anilines is 1. The Morgan fingerprint density at radius 3 is 2.85 bits per heavy atom. The number of rotatable bonds is 4. The van der Waals surface area contributed by atoms with Crippen molar-refractivity contribution in [1.82, 2.24) is 5.32 Å². The zero-order valence-electron chi connectivity index (χ0n) is 11.2. The minimum absolute atomic E-state index is 0. The summed E-state index contributed by atoms with van der Waals surface area (Å²) in [6.45, 7) is 3.37. The lowest BCUT2D eigenvalue weighted by Crippen LogP contribution is -2.28. The molecule has 0 spiro atoms. The average Bonchev–Trinajstić information content (AvgIpc) is 2.83. The maximum atomic E-state index is 11.7. The summed E-state index contributed by atoms with van der Waals surface area (Å²) in [5.74, 6) is -0.386. The summed E-state index contributed by atoms with van der Waals surface area (Å²) in [5.41, 5.74) is 1.60. The van der Waals surface area contributed by atoms with E-state index in [2.05, 4.69) is 5.32 Å². The van der Waals surface area contributed by atoms with E-state index in [0.717, 1.165) is 11.3 Å². The first-order valence-corrected chi connectivity index (χ1v) is 6.21. The maximum Gasteiger partial charge on any atom is 0.330 e. The number of carbonyl (C=O) groups excluding carboxylic acids is 2. The van der Waals surface area contributed by atoms with E-state index in [1.165, 1.54) is 6.08 Å². The Hall–Kier alpha value is -2.01. The fraction of sp³-hybridized carbons (Fsp3) is 0.286. The molecule has 0 atom stereocenters. The fourth-order valence-electron chi connectivity index (χ4n) is 1.92. The number of amides is 2. The van der Waals surface area contributed by atoms with Gasteiger partial charge in [-0.05, 0) is 24.6 Å². The molecular weight excluding hydrogens is 280 g/mol. The highest BCUT2D eigenvalue weighted by molar-refractivity contribution is 5.97. The molecule has 0 radical (unpaired) electrons. The van der Waals surface area contributed by atoms with Crippen molar-refractivity contribution in [2.75, 3.05) is 24.6 Å². The zero-order valence-corrected chi connectivity index (χ0v) is 12.0. The van der Waals surface area contributed by atoms with Crippen LogP contribution in [0.4, 0.5) is 10.5 Å². The summed E-state index contributed by atoms with van der Waals surface area (Å²) in [7, 11) is 0. The summed E-state index contributed by atoms with van der Waals surface area (Å²) in [4.78, 5) is 24.6. The van der Waals surface area contributed by atoms with Crippen LogP contribution in [0, 0.1) is 0 Å². The topological polar surface area (TPSA) is 58.6 Å². The lowest BCUT2D eigenvalue weighted by molar-refractivity contribution is -0.137. The second-order valence-corrected chi connectivity index (χ2v) is 4.03. The van der Waals surface area contributed by atoms with Gasteiger partial charge in [0.25, 0.3) is 0 Å². The second kappa shape index (κ2) is 7.55. The predicted octanol–water partition coefficient (Wildman–Crippen LogP) is 2.21. The lowest BCUT2D eigenvalue weighted by Gasteiger charge is -2.16. The molecule has 0 aromatic heterocycles. The van der Waals surface area contributed by atoms with Gasteiger partial charge in [-0.25, -0.2) is 9.59 Å². The smallest absolute Gasteiger partial charge is 0.330 e. The Kier molecular flexibility index (Phi) is 6.06. The molecule has 1 aliphatic rings. The van der Waals surface area contributed by atoms with Crippen LogP contribution in [-0.2, 0) is 9.53 Å². The normalized spacial score (nSPS) is 14.1. The number of para-hydroxylation sites is 1. The van der Waals surface area contributed by atoms with Crippen LogP contribution in [0.1, 0.15) is 12.5 Å². The van der Waals surface area contributed by atoms with E-state index in [0.29, 0.717) is 19.7 Å². The van der Waals surface area contributed by atoms with E-state index >= 15 is 0 Å². The summed E-state index contributed by atoms with van der Waals surface area (Å²) in [6, 6.07) is 7.33. The van der Waals surface area contributed by atoms with Crippen LogP contribution in [0.2, 0.25) is 0 Å². The molecule has 0 saturated carbocycles. The SMILES string of the molecule is CCOC(=O)/C=C/c1ccccc1N1CCNC1=O.Cl. The van der Waals surface area contributed by atoms with Crippen LogP contribution in [0.25, 0.3) is 6.08 Å². The summed E-state index contributed by atoms with van der Waals surface area (Å²) < 4.78 is 4.83. The predicted molar refractivity (Wildman–Crippen MR) is 80.1 cm³/mol. The zero-order chi connectivity index (χ0) is 13.7. The maximum absolute atomic E-state index is 11.7. The van der Waals surface area contributed by atoms with E-state index in [1.807, 2.05) is 24.3 Å². The van der Waals surface area contributed by atoms with Crippen LogP contribution in [-0.4, -0.2) is 31.7 Å². The first-order chi connectivity index (χ1) is 9.22. The van der Waals surface area contributed by atoms with Gasteiger partial charge in [-0.3, -0.25) is 4.90 Å². The van der Waals surface area contributed by atoms with Crippen molar-refractivity contribution in [2.45, 2.75) is 6.92 Å². The average molecular weight is 297 g/mol. The van der Waals surface area contributed by atoms with Crippen LogP contribution in [0.15, 0.2) is 30.3 Å². The Morgan fingerprint density at radius 1 is 1.45 bits per heavy atom. The van der Waals surface area contributed by atoms with Gasteiger partial charge in [0.15, 0.2) is 0 Å². The first-order valence-electron chi connectivity index (χ1n) is 6.21. The second-order valence-electron chi connectivity index (χ2n) is 4.03. The van der Waals surface area contributed by atoms with Crippen LogP contribution in [0.3, 0.4) is 0 Å². The largest absolute Gasteiger partial charge is 0.463 e. The number of benzene rings is 1. The van der Waals surface area contributed by atoms with Crippen LogP contribution < -0.4 is 10.2 Å². The molecule has 108 valence electrons. The molecule has 2 amide bonds. The molecule has 1 N–H and O–H groups in total. The van der Waals surface area contributed by atoms with Crippen molar-refractivity contribution < 1.29 is 14.3 Å². The van der Waals surface area contributed by atoms with Crippen molar-refractivity contribution in [3.63, 3.8) is 0 Å². The Labute approximate surface area is 124 Å². The number of ether oxygens (including phenoxy) is 1. The molecule has 0 unspecified atom stereocenters. The van der Waals surface area contributed by atoms with Gasteiger partial charge in [0, 0.05) is 19.2 Å². The van der Waals surface area contributed by atoms with Gasteiger partial charge in [0.2, 0.25) is 0 Å². The van der Waals surface area contributed by atoms with E-state index in [-0.39, 0.29) is 24.4 Å². The van der Waals surface area contributed by atoms with Gasteiger partial charge in [0.1, 0.15) is 0 Å². The molecule has 1 aromatic carbocycles. The Balaban J connectivity index is 0.00000200. The molecule has 0 bridgehead atoms. The van der Waals surface area contributed by atoms with Crippen molar-refractivity contribution in [3.05, 3.63) is 35.9 Å². The number of nitrogens with zero attached hydrogens (tertiary/aromatic N) is 1. The third-order valence-electron chi connectivity index (χ3n) is 2.77. The summed E-state index contributed by atoms with van der Waals surface area (Å²) in [6.07, 6.45) is 3.04. The molecule has 5 nitrogen and oxygen atoms in total. The Morgan fingerprint density at radius 2 is 2.20 bits per heavy atom. The van der Waals surface area contributed by atoms with Gasteiger partial charge < -0.3 is 10.1 Å². The van der Waals surface area contributed by atoms with Gasteiger partial charge in [-0.2, -0.15) is 0 Å². The summed E-state index contributed by atoms with van der Waals surface area (Å²) in [5, 5.41) is 2.75. The lowest BCUT2D eigenvalue weighted by atomic mass is 10.1. The Bertz CT molecular complexity index is 517. The highest BCUT2D eigenvalue weighted by Crippen LogP contribution is 2.23. The molecule has 0 aliphatic carbocycles. The van der Waals surface area contributed by atoms with Crippen LogP contribution >= 0.6 is 12.4 Å². The third kappa shape index (κ3) is 3.74. The number of esters is 1. The van der Waals surface area contributed by atoms with Crippen molar-refractivity contribution in [3.8, 4) is 0 Å². The molecule has 1 fully saturated rings. The molecule has 1 saturated heterocycles. The number of halogens is 1. The molecule has 1 aliphatic heterocycles. The van der Waals surface area contributed by atoms with Gasteiger partial charge in [-0.1, -0.05) is 18.2 Å². The van der Waals surface area contributed by atoms with E-state index in [1.54, 1.807) is 17.9 Å². The molecular formula is C14H17ClN2O3. The monoisotopic (exact) mass is 296 g/mol. The molecule has 20 heavy (non-hydrogen) atoms. The van der Waals surface area contributed by atoms with Gasteiger partial charge in [0.05, 0.1) is 12.3 Å². The minimum Gasteiger partial charge on any atom is -0.463 e. The van der Waals surface area contributed by atoms with E-state index < -0.39 is 0 Å². The van der Waals surface area contributed by atoms with Gasteiger partial charge in [-0.15, -0.1) is 12.4 Å². The van der Waals surface area contributed by atoms with Crippen molar-refractivity contribution >= 4 is 36.2 Å². The van der Waals surface area contributed by atoms with Crippen molar-refractivity contribution in [2.24, 2.45) is 0 Å². The number of carbonyl (C=O) groups is 2. The van der Waals surface area contributed by atoms with Gasteiger partial charge >= 0.3 is 12.0 Å². The molecule has 2 rings (SSSR count). The molecule has 1 heterocycles. The fourth-order valence-corrected chi connectivity index (χ4v) is 1.92. The number of hydrogen-bond acceptors (Lipinski definition) is 3. The van der Waals surface area contributed by atoms with E-state index in [4.69, 9.17) is 4.74 Å². The standard InChI is InChI=1S/C14H16N2O3.ClH/c1-2-19-13(17)8-7-11-5-3-4-6-12(11)16-10-9-15-14(16)18;/h3-8H,2,9-10H2,1H3,(H,15,18);1H/b8-7+;. The number of hydrogen-bond donors (Lipinski definition) is 1. The minimum atomic E-state index is -0.386. The quantitative estimate of drug-likeness (QED) is 0.684. The first kappa shape index (κ1) is 16.0. The van der Waals surface area contributed by atoms with Crippen molar-refractivity contribution in [1.29, 1.82) is 0 Å². The number of nitrogens with one attached hydrogen (secondary N) is 1. The molecule has 6 heteroatoms. The van der Waals surface area contributed by atoms with Crippen LogP contribution in [0.5, 0.6) is 0 Å².